The summed E-state index contributed by atoms with van der Waals surface area (Å²) in [6.45, 7) is 1.60. The number of fused-ring (bicyclic) bond motifs is 2. The molecular weight excluding hydrogens is 620 g/mol. The number of hydroxylamine groups is 2. The molecule has 10 heteroatoms. The van der Waals surface area contributed by atoms with E-state index in [2.05, 4.69) is 54.0 Å². The van der Waals surface area contributed by atoms with Crippen LogP contribution in [0.1, 0.15) is 46.7 Å². The molecule has 0 saturated carbocycles. The number of nitrogens with zero attached hydrogens (tertiary/aromatic N) is 5. The maximum absolute atomic E-state index is 12.5. The molecule has 1 saturated heterocycles. The van der Waals surface area contributed by atoms with Crippen LogP contribution in [0.3, 0.4) is 0 Å². The summed E-state index contributed by atoms with van der Waals surface area (Å²) in [5.74, 6) is 0.660. The molecule has 2 atom stereocenters. The number of benzene rings is 1. The number of nitrogens with one attached hydrogen (secondary N) is 1. The van der Waals surface area contributed by atoms with Crippen LogP contribution in [0.5, 0.6) is 0 Å². The second-order valence-corrected chi connectivity index (χ2v) is 11.6. The van der Waals surface area contributed by atoms with Crippen LogP contribution < -0.4 is 5.06 Å². The van der Waals surface area contributed by atoms with Crippen molar-refractivity contribution in [3.8, 4) is 6.19 Å². The molecule has 1 N–H and O–H groups in total. The molecule has 1 aromatic carbocycles. The highest BCUT2D eigenvalue weighted by atomic mass is 79.9. The average molecular weight is 645 g/mol. The van der Waals surface area contributed by atoms with Gasteiger partial charge >= 0.3 is 12.2 Å². The van der Waals surface area contributed by atoms with Crippen molar-refractivity contribution in [1.82, 2.24) is 14.9 Å². The normalized spacial score (nSPS) is 18.9. The molecule has 0 bridgehead atoms. The number of likely N-dealkylation sites (tertiary alicyclic amines) is 1. The minimum absolute atomic E-state index is 0.108. The third kappa shape index (κ3) is 5.74. The molecule has 0 spiro atoms. The van der Waals surface area contributed by atoms with Gasteiger partial charge in [0.05, 0.1) is 12.2 Å². The number of guanidine groups is 1. The molecule has 37 heavy (non-hydrogen) atoms. The Morgan fingerprint density at radius 3 is 2.70 bits per heavy atom. The van der Waals surface area contributed by atoms with Crippen molar-refractivity contribution in [1.29, 1.82) is 5.26 Å². The first-order valence-electron chi connectivity index (χ1n) is 12.2. The van der Waals surface area contributed by atoms with E-state index in [1.807, 2.05) is 29.3 Å². The standard InChI is InChI=1S/C27H25Br2ClN6O/c28-21-10-20-4-3-19-11-22(30)12-23(29)24(19)25(26(20)33-15-21)18-5-8-35(9-6-18)27(36(37)16-31)34-14-17-2-1-7-32-13-17/h1-2,7,10-13,15,18,25,36H,3-6,8-9,14H2/b34-27-. The lowest BCUT2D eigenvalue weighted by molar-refractivity contribution is -0.675. The summed E-state index contributed by atoms with van der Waals surface area (Å²) in [4.78, 5) is 15.5. The van der Waals surface area contributed by atoms with Crippen molar-refractivity contribution in [2.75, 3.05) is 13.1 Å². The molecule has 1 aliphatic heterocycles. The lowest BCUT2D eigenvalue weighted by Gasteiger charge is -2.38. The molecule has 2 aliphatic rings. The number of quaternary nitrogens is 1. The van der Waals surface area contributed by atoms with E-state index in [1.165, 1.54) is 16.7 Å². The largest absolute Gasteiger partial charge is 0.611 e. The van der Waals surface area contributed by atoms with E-state index in [9.17, 15) is 10.5 Å². The summed E-state index contributed by atoms with van der Waals surface area (Å²) in [6.07, 6.45) is 10.6. The van der Waals surface area contributed by atoms with Gasteiger partial charge < -0.3 is 10.1 Å². The molecule has 0 amide bonds. The number of hydrogen-bond acceptors (Lipinski definition) is 5. The minimum Gasteiger partial charge on any atom is -0.611 e. The zero-order chi connectivity index (χ0) is 25.9. The van der Waals surface area contributed by atoms with E-state index in [-0.39, 0.29) is 11.9 Å². The monoisotopic (exact) mass is 642 g/mol. The summed E-state index contributed by atoms with van der Waals surface area (Å²) >= 11 is 13.8. The minimum atomic E-state index is -0.601. The number of piperidine rings is 1. The number of hydrogen-bond donors (Lipinski definition) is 1. The van der Waals surface area contributed by atoms with E-state index in [0.29, 0.717) is 25.6 Å². The second-order valence-electron chi connectivity index (χ2n) is 9.40. The molecule has 3 heterocycles. The van der Waals surface area contributed by atoms with Crippen LogP contribution in [0.4, 0.5) is 0 Å². The van der Waals surface area contributed by atoms with Gasteiger partial charge in [0.1, 0.15) is 0 Å². The highest BCUT2D eigenvalue weighted by Gasteiger charge is 2.37. The van der Waals surface area contributed by atoms with Gasteiger partial charge in [-0.05, 0) is 94.1 Å². The van der Waals surface area contributed by atoms with E-state index < -0.39 is 5.06 Å². The number of nitriles is 1. The Hall–Kier alpha value is -2.35. The predicted molar refractivity (Wildman–Crippen MR) is 150 cm³/mol. The van der Waals surface area contributed by atoms with Gasteiger partial charge in [-0.2, -0.15) is 0 Å². The highest BCUT2D eigenvalue weighted by molar-refractivity contribution is 9.10. The van der Waals surface area contributed by atoms with Gasteiger partial charge in [0, 0.05) is 51.6 Å². The summed E-state index contributed by atoms with van der Waals surface area (Å²) in [5.41, 5.74) is 5.77. The van der Waals surface area contributed by atoms with Gasteiger partial charge in [0.25, 0.3) is 0 Å². The quantitative estimate of drug-likeness (QED) is 0.187. The van der Waals surface area contributed by atoms with Gasteiger partial charge in [-0.3, -0.25) is 9.97 Å². The smallest absolute Gasteiger partial charge is 0.315 e. The van der Waals surface area contributed by atoms with Crippen molar-refractivity contribution in [3.05, 3.63) is 96.0 Å². The predicted octanol–water partition coefficient (Wildman–Crippen LogP) is 5.02. The number of halogens is 3. The lowest BCUT2D eigenvalue weighted by Crippen LogP contribution is -3.08. The Balaban J connectivity index is 1.43. The van der Waals surface area contributed by atoms with Crippen molar-refractivity contribution < 1.29 is 5.06 Å². The van der Waals surface area contributed by atoms with Crippen molar-refractivity contribution in [3.63, 3.8) is 0 Å². The molecule has 190 valence electrons. The molecule has 1 fully saturated rings. The molecule has 7 nitrogen and oxygen atoms in total. The average Bonchev–Trinajstić information content (AvgIpc) is 3.06. The first-order valence-corrected chi connectivity index (χ1v) is 14.2. The molecule has 0 radical (unpaired) electrons. The van der Waals surface area contributed by atoms with Gasteiger partial charge in [-0.1, -0.05) is 33.6 Å². The fourth-order valence-corrected chi connectivity index (χ4v) is 7.00. The van der Waals surface area contributed by atoms with E-state index in [0.717, 1.165) is 50.9 Å². The highest BCUT2D eigenvalue weighted by Crippen LogP contribution is 2.46. The Labute approximate surface area is 238 Å². The first kappa shape index (κ1) is 26.3. The van der Waals surface area contributed by atoms with Crippen LogP contribution >= 0.6 is 43.5 Å². The van der Waals surface area contributed by atoms with Crippen LogP contribution in [0.15, 0.2) is 62.9 Å². The Morgan fingerprint density at radius 2 is 1.97 bits per heavy atom. The number of pyridine rings is 2. The van der Waals surface area contributed by atoms with Gasteiger partial charge in [0.15, 0.2) is 0 Å². The fourth-order valence-electron chi connectivity index (χ4n) is 5.50. The Morgan fingerprint density at radius 1 is 1.19 bits per heavy atom. The zero-order valence-electron chi connectivity index (χ0n) is 20.0. The molecule has 5 rings (SSSR count). The van der Waals surface area contributed by atoms with E-state index in [1.54, 1.807) is 18.6 Å². The maximum Gasteiger partial charge on any atom is 0.315 e. The molecule has 2 unspecified atom stereocenters. The van der Waals surface area contributed by atoms with Crippen molar-refractivity contribution in [2.24, 2.45) is 10.9 Å². The third-order valence-corrected chi connectivity index (χ3v) is 8.47. The molecule has 1 aliphatic carbocycles. The summed E-state index contributed by atoms with van der Waals surface area (Å²) in [5, 5.41) is 22.0. The van der Waals surface area contributed by atoms with Crippen LogP contribution in [0.25, 0.3) is 0 Å². The lowest BCUT2D eigenvalue weighted by atomic mass is 9.76. The first-order chi connectivity index (χ1) is 17.9. The number of aryl methyl sites for hydroxylation is 2. The SMILES string of the molecule is N#C[NH+]([O-])/C(=N\Cc1cccnc1)N1CCC(C2c3ncc(Br)cc3CCc3cc(Cl)cc(Br)c32)CC1. The maximum atomic E-state index is 12.5. The molecular formula is C27H25Br2ClN6O. The summed E-state index contributed by atoms with van der Waals surface area (Å²) < 4.78 is 1.99. The Kier molecular flexibility index (Phi) is 8.22. The van der Waals surface area contributed by atoms with Crippen LogP contribution in [0, 0.1) is 22.6 Å². The zero-order valence-corrected chi connectivity index (χ0v) is 23.9. The van der Waals surface area contributed by atoms with Gasteiger partial charge in [-0.25, -0.2) is 10.1 Å². The number of aliphatic imine (C=N–C) groups is 1. The number of rotatable bonds is 3. The number of aromatic nitrogens is 2. The Bertz CT molecular complexity index is 1350. The topological polar surface area (TPSA) is 92.7 Å². The van der Waals surface area contributed by atoms with Crippen LogP contribution in [-0.4, -0.2) is 33.9 Å². The third-order valence-electron chi connectivity index (χ3n) is 7.17. The summed E-state index contributed by atoms with van der Waals surface area (Å²) in [6, 6.07) is 9.98. The van der Waals surface area contributed by atoms with Gasteiger partial charge in [0.2, 0.25) is 0 Å². The van der Waals surface area contributed by atoms with Crippen LogP contribution in [0.2, 0.25) is 5.02 Å². The van der Waals surface area contributed by atoms with Crippen molar-refractivity contribution >= 4 is 49.4 Å². The molecule has 3 aromatic rings. The van der Waals surface area contributed by atoms with Crippen molar-refractivity contribution in [2.45, 2.75) is 38.1 Å². The molecule has 2 aromatic heterocycles. The van der Waals surface area contributed by atoms with Crippen LogP contribution in [-0.2, 0) is 19.4 Å². The second kappa shape index (κ2) is 11.6. The van der Waals surface area contributed by atoms with E-state index >= 15 is 0 Å². The fraction of sp³-hybridized carbons (Fsp3) is 0.333. The van der Waals surface area contributed by atoms with Gasteiger partial charge in [-0.15, -0.1) is 5.26 Å². The van der Waals surface area contributed by atoms with E-state index in [4.69, 9.17) is 16.6 Å². The summed E-state index contributed by atoms with van der Waals surface area (Å²) in [7, 11) is 0.